The van der Waals surface area contributed by atoms with E-state index in [1.54, 1.807) is 0 Å². The molecule has 7 heteroatoms. The van der Waals surface area contributed by atoms with Crippen LogP contribution in [0.1, 0.15) is 13.8 Å². The maximum Gasteiger partial charge on any atom is 0.331 e. The maximum atomic E-state index is 13.1. The van der Waals surface area contributed by atoms with Crippen molar-refractivity contribution in [2.45, 2.75) is 13.8 Å². The van der Waals surface area contributed by atoms with Gasteiger partial charge in [-0.25, -0.2) is 14.0 Å². The lowest BCUT2D eigenvalue weighted by Crippen LogP contribution is -2.41. The molecule has 0 aromatic heterocycles. The molecule has 0 saturated carbocycles. The highest BCUT2D eigenvalue weighted by Gasteiger charge is 2.18. The number of benzene rings is 1. The Hall–Kier alpha value is -2.70. The molecule has 112 valence electrons. The van der Waals surface area contributed by atoms with Crippen molar-refractivity contribution in [1.29, 1.82) is 0 Å². The Labute approximate surface area is 120 Å². The summed E-state index contributed by atoms with van der Waals surface area (Å²) in [4.78, 5) is 35.4. The van der Waals surface area contributed by atoms with Crippen molar-refractivity contribution in [1.82, 2.24) is 5.32 Å². The molecule has 0 heterocycles. The van der Waals surface area contributed by atoms with Crippen LogP contribution in [-0.4, -0.2) is 30.1 Å². The van der Waals surface area contributed by atoms with Crippen molar-refractivity contribution < 1.29 is 23.9 Å². The number of carbonyl (C=O) groups excluding carboxylic acids is 2. The number of urea groups is 1. The Kier molecular flexibility index (Phi) is 5.18. The smallest absolute Gasteiger partial charge is 0.331 e. The zero-order chi connectivity index (χ0) is 16.2. The first-order valence-electron chi connectivity index (χ1n) is 5.99. The normalized spacial score (nSPS) is 11.4. The van der Waals surface area contributed by atoms with Crippen LogP contribution in [0.4, 0.5) is 14.9 Å². The van der Waals surface area contributed by atoms with Gasteiger partial charge in [0.2, 0.25) is 0 Å². The number of carboxylic acids is 1. The van der Waals surface area contributed by atoms with Crippen molar-refractivity contribution >= 4 is 23.6 Å². The molecule has 1 rings (SSSR count). The third-order valence-electron chi connectivity index (χ3n) is 2.94. The summed E-state index contributed by atoms with van der Waals surface area (Å²) >= 11 is 0. The Morgan fingerprint density at radius 1 is 1.19 bits per heavy atom. The number of hydrogen-bond acceptors (Lipinski definition) is 3. The number of nitrogens with zero attached hydrogens (tertiary/aromatic N) is 1. The molecule has 21 heavy (non-hydrogen) atoms. The van der Waals surface area contributed by atoms with E-state index in [0.717, 1.165) is 11.0 Å². The number of aliphatic carboxylic acids is 1. The van der Waals surface area contributed by atoms with Crippen LogP contribution < -0.4 is 10.2 Å². The molecule has 0 atom stereocenters. The lowest BCUT2D eigenvalue weighted by molar-refractivity contribution is -0.133. The first kappa shape index (κ1) is 16.4. The molecule has 0 fully saturated rings. The number of carboxylic acid groups (broad SMARTS) is 1. The zero-order valence-electron chi connectivity index (χ0n) is 11.8. The monoisotopic (exact) mass is 294 g/mol. The molecule has 0 radical (unpaired) electrons. The third kappa shape index (κ3) is 4.13. The van der Waals surface area contributed by atoms with Gasteiger partial charge in [0.05, 0.1) is 0 Å². The van der Waals surface area contributed by atoms with Crippen molar-refractivity contribution in [3.05, 3.63) is 41.2 Å². The highest BCUT2D eigenvalue weighted by Crippen LogP contribution is 2.14. The SMILES string of the molecule is CC(C(=O)O)=C(C)C(=O)NC(=O)N(C)c1cccc(F)c1. The van der Waals surface area contributed by atoms with Crippen LogP contribution in [0.3, 0.4) is 0 Å². The molecule has 0 aliphatic carbocycles. The first-order chi connectivity index (χ1) is 9.73. The van der Waals surface area contributed by atoms with Crippen molar-refractivity contribution in [2.75, 3.05) is 11.9 Å². The molecule has 0 aliphatic heterocycles. The molecule has 0 unspecified atom stereocenters. The van der Waals surface area contributed by atoms with E-state index in [-0.39, 0.29) is 16.8 Å². The van der Waals surface area contributed by atoms with Crippen LogP contribution >= 0.6 is 0 Å². The lowest BCUT2D eigenvalue weighted by atomic mass is 10.1. The average Bonchev–Trinajstić information content (AvgIpc) is 2.44. The van der Waals surface area contributed by atoms with E-state index in [1.807, 2.05) is 5.32 Å². The minimum Gasteiger partial charge on any atom is -0.478 e. The van der Waals surface area contributed by atoms with E-state index in [4.69, 9.17) is 5.11 Å². The summed E-state index contributed by atoms with van der Waals surface area (Å²) in [5.74, 6) is -2.58. The van der Waals surface area contributed by atoms with Gasteiger partial charge in [0.25, 0.3) is 5.91 Å². The predicted octanol–water partition coefficient (Wildman–Crippen LogP) is 1.92. The van der Waals surface area contributed by atoms with E-state index in [2.05, 4.69) is 0 Å². The van der Waals surface area contributed by atoms with Gasteiger partial charge in [0, 0.05) is 23.9 Å². The summed E-state index contributed by atoms with van der Waals surface area (Å²) < 4.78 is 13.1. The molecule has 2 N–H and O–H groups in total. The van der Waals surface area contributed by atoms with Crippen molar-refractivity contribution in [3.8, 4) is 0 Å². The molecule has 3 amide bonds. The van der Waals surface area contributed by atoms with Gasteiger partial charge in [0.15, 0.2) is 0 Å². The Bertz CT molecular complexity index is 625. The van der Waals surface area contributed by atoms with Crippen LogP contribution in [0.15, 0.2) is 35.4 Å². The number of halogens is 1. The summed E-state index contributed by atoms with van der Waals surface area (Å²) in [6.07, 6.45) is 0. The second kappa shape index (κ2) is 6.65. The number of hydrogen-bond donors (Lipinski definition) is 2. The summed E-state index contributed by atoms with van der Waals surface area (Å²) in [6, 6.07) is 4.50. The first-order valence-corrected chi connectivity index (χ1v) is 5.99. The van der Waals surface area contributed by atoms with Gasteiger partial charge in [-0.3, -0.25) is 15.0 Å². The Morgan fingerprint density at radius 3 is 2.33 bits per heavy atom. The molecule has 0 aliphatic rings. The minimum atomic E-state index is -1.24. The fraction of sp³-hybridized carbons (Fsp3) is 0.214. The van der Waals surface area contributed by atoms with Crippen molar-refractivity contribution in [3.63, 3.8) is 0 Å². The van der Waals surface area contributed by atoms with E-state index < -0.39 is 23.7 Å². The van der Waals surface area contributed by atoms with Crippen LogP contribution in [0.5, 0.6) is 0 Å². The molecule has 0 spiro atoms. The Morgan fingerprint density at radius 2 is 1.81 bits per heavy atom. The Balaban J connectivity index is 2.84. The maximum absolute atomic E-state index is 13.1. The van der Waals surface area contributed by atoms with Gasteiger partial charge in [-0.1, -0.05) is 6.07 Å². The standard InChI is InChI=1S/C14H15FN2O4/c1-8(9(2)13(19)20)12(18)16-14(21)17(3)11-6-4-5-10(15)7-11/h4-7H,1-3H3,(H,19,20)(H,16,18,21). The second-order valence-corrected chi connectivity index (χ2v) is 4.35. The molecular formula is C14H15FN2O4. The molecular weight excluding hydrogens is 279 g/mol. The third-order valence-corrected chi connectivity index (χ3v) is 2.94. The molecule has 0 saturated heterocycles. The van der Waals surface area contributed by atoms with Crippen LogP contribution in [0.25, 0.3) is 0 Å². The number of rotatable bonds is 3. The molecule has 0 bridgehead atoms. The van der Waals surface area contributed by atoms with E-state index in [9.17, 15) is 18.8 Å². The van der Waals surface area contributed by atoms with Crippen LogP contribution in [-0.2, 0) is 9.59 Å². The van der Waals surface area contributed by atoms with E-state index >= 15 is 0 Å². The number of amides is 3. The summed E-state index contributed by atoms with van der Waals surface area (Å²) in [6.45, 7) is 2.56. The summed E-state index contributed by atoms with van der Waals surface area (Å²) in [5.41, 5.74) is 0.0223. The van der Waals surface area contributed by atoms with Crippen LogP contribution in [0, 0.1) is 5.82 Å². The zero-order valence-corrected chi connectivity index (χ0v) is 11.8. The number of carbonyl (C=O) groups is 3. The number of anilines is 1. The fourth-order valence-electron chi connectivity index (χ4n) is 1.41. The van der Waals surface area contributed by atoms with E-state index in [0.29, 0.717) is 0 Å². The van der Waals surface area contributed by atoms with Gasteiger partial charge in [-0.2, -0.15) is 0 Å². The fourth-order valence-corrected chi connectivity index (χ4v) is 1.41. The van der Waals surface area contributed by atoms with Crippen LogP contribution in [0.2, 0.25) is 0 Å². The van der Waals surface area contributed by atoms with Gasteiger partial charge >= 0.3 is 12.0 Å². The summed E-state index contributed by atoms with van der Waals surface area (Å²) in [7, 11) is 1.36. The molecule has 1 aromatic carbocycles. The minimum absolute atomic E-state index is 0.0801. The summed E-state index contributed by atoms with van der Waals surface area (Å²) in [5, 5.41) is 10.8. The average molecular weight is 294 g/mol. The lowest BCUT2D eigenvalue weighted by Gasteiger charge is -2.17. The molecule has 1 aromatic rings. The highest BCUT2D eigenvalue weighted by molar-refractivity contribution is 6.10. The van der Waals surface area contributed by atoms with Gasteiger partial charge < -0.3 is 5.11 Å². The van der Waals surface area contributed by atoms with Gasteiger partial charge in [-0.05, 0) is 32.0 Å². The van der Waals surface area contributed by atoms with Gasteiger partial charge in [0.1, 0.15) is 5.82 Å². The predicted molar refractivity (Wildman–Crippen MR) is 74.4 cm³/mol. The number of imide groups is 1. The highest BCUT2D eigenvalue weighted by atomic mass is 19.1. The van der Waals surface area contributed by atoms with E-state index in [1.165, 1.54) is 39.1 Å². The largest absolute Gasteiger partial charge is 0.478 e. The van der Waals surface area contributed by atoms with Gasteiger partial charge in [-0.15, -0.1) is 0 Å². The van der Waals surface area contributed by atoms with Crippen molar-refractivity contribution in [2.24, 2.45) is 0 Å². The second-order valence-electron chi connectivity index (χ2n) is 4.35. The topological polar surface area (TPSA) is 86.7 Å². The number of nitrogens with one attached hydrogen (secondary N) is 1. The molecule has 6 nitrogen and oxygen atoms in total. The quantitative estimate of drug-likeness (QED) is 0.834.